The van der Waals surface area contributed by atoms with Crippen molar-refractivity contribution in [3.63, 3.8) is 0 Å². The first-order chi connectivity index (χ1) is 18.3. The third kappa shape index (κ3) is 7.36. The number of ketones is 1. The third-order valence-corrected chi connectivity index (χ3v) is 8.10. The molecule has 3 aromatic carbocycles. The van der Waals surface area contributed by atoms with Gasteiger partial charge in [0, 0.05) is 32.6 Å². The molecule has 1 aromatic heterocycles. The van der Waals surface area contributed by atoms with Crippen LogP contribution in [0.15, 0.2) is 66.7 Å². The zero-order chi connectivity index (χ0) is 26.7. The van der Waals surface area contributed by atoms with Gasteiger partial charge in [0.1, 0.15) is 23.9 Å². The summed E-state index contributed by atoms with van der Waals surface area (Å²) >= 11 is 1.37. The summed E-state index contributed by atoms with van der Waals surface area (Å²) in [6, 6.07) is 18.3. The van der Waals surface area contributed by atoms with Gasteiger partial charge in [-0.1, -0.05) is 6.42 Å². The maximum atomic E-state index is 13.8. The second-order valence-corrected chi connectivity index (χ2v) is 11.4. The van der Waals surface area contributed by atoms with Gasteiger partial charge in [-0.3, -0.25) is 9.69 Å². The fraction of sp³-hybridized carbons (Fsp3) is 0.250. The Morgan fingerprint density at radius 1 is 0.925 bits per heavy atom. The van der Waals surface area contributed by atoms with Crippen LogP contribution in [0.4, 0.5) is 0 Å². The molecule has 1 fully saturated rings. The average Bonchev–Trinajstić information content (AvgIpc) is 3.27. The number of piperidine rings is 1. The van der Waals surface area contributed by atoms with Gasteiger partial charge in [0.15, 0.2) is 5.78 Å². The van der Waals surface area contributed by atoms with Crippen LogP contribution in [0.3, 0.4) is 0 Å². The van der Waals surface area contributed by atoms with Gasteiger partial charge in [-0.15, -0.1) is 11.3 Å². The lowest BCUT2D eigenvalue weighted by atomic mass is 9.97. The van der Waals surface area contributed by atoms with E-state index in [4.69, 9.17) is 14.1 Å². The molecule has 2 heterocycles. The van der Waals surface area contributed by atoms with Crippen LogP contribution in [0.1, 0.15) is 35.2 Å². The third-order valence-electron chi connectivity index (χ3n) is 6.47. The highest BCUT2D eigenvalue weighted by Gasteiger charge is 2.22. The van der Waals surface area contributed by atoms with E-state index in [0.717, 1.165) is 29.7 Å². The number of nitrogens with two attached hydrogens (primary N) is 1. The summed E-state index contributed by atoms with van der Waals surface area (Å²) in [6.45, 7) is 3.72. The Bertz CT molecular complexity index is 1550. The Balaban J connectivity index is 0.00000220. The molecule has 5 rings (SSSR count). The van der Waals surface area contributed by atoms with Crippen molar-refractivity contribution in [1.82, 2.24) is 4.90 Å². The van der Waals surface area contributed by atoms with Crippen molar-refractivity contribution in [2.24, 2.45) is 5.14 Å². The van der Waals surface area contributed by atoms with E-state index < -0.39 is 10.3 Å². The van der Waals surface area contributed by atoms with Gasteiger partial charge >= 0.3 is 10.3 Å². The predicted molar refractivity (Wildman–Crippen MR) is 156 cm³/mol. The minimum Gasteiger partial charge on any atom is -0.508 e. The van der Waals surface area contributed by atoms with Crippen LogP contribution in [0, 0.1) is 0 Å². The van der Waals surface area contributed by atoms with E-state index in [1.165, 1.54) is 42.7 Å². The first-order valence-corrected chi connectivity index (χ1v) is 14.6. The van der Waals surface area contributed by atoms with Gasteiger partial charge in [-0.05, 0) is 98.2 Å². The highest BCUT2D eigenvalue weighted by molar-refractivity contribution is 7.84. The monoisotopic (exact) mass is 588 g/mol. The van der Waals surface area contributed by atoms with Crippen LogP contribution in [0.2, 0.25) is 0 Å². The normalized spacial score (nSPS) is 13.7. The number of rotatable bonds is 9. The van der Waals surface area contributed by atoms with Crippen LogP contribution in [0.5, 0.6) is 17.2 Å². The van der Waals surface area contributed by atoms with E-state index in [1.807, 2.05) is 12.1 Å². The number of carbonyl (C=O) groups excluding carboxylic acids is 1. The Morgan fingerprint density at radius 3 is 2.23 bits per heavy atom. The topological polar surface area (TPSA) is 182 Å². The van der Waals surface area contributed by atoms with Gasteiger partial charge < -0.3 is 25.0 Å². The second kappa shape index (κ2) is 13.2. The van der Waals surface area contributed by atoms with Gasteiger partial charge in [-0.25, -0.2) is 0 Å². The quantitative estimate of drug-likeness (QED) is 0.281. The Hall–Kier alpha value is -3.52. The lowest BCUT2D eigenvalue weighted by Gasteiger charge is -2.26. The van der Waals surface area contributed by atoms with Crippen molar-refractivity contribution in [2.75, 3.05) is 26.2 Å². The Morgan fingerprint density at radius 2 is 1.57 bits per heavy atom. The van der Waals surface area contributed by atoms with Crippen molar-refractivity contribution in [3.05, 3.63) is 77.9 Å². The molecule has 12 heteroatoms. The summed E-state index contributed by atoms with van der Waals surface area (Å²) in [7, 11) is -4.14. The van der Waals surface area contributed by atoms with Crippen LogP contribution in [-0.4, -0.2) is 61.4 Å². The van der Waals surface area contributed by atoms with Crippen molar-refractivity contribution in [1.29, 1.82) is 0 Å². The SMILES string of the molecule is NS(=O)(=O)Oc1ccc(-c2sc3cc(O)ccc3c2C(=O)c2ccc(OCCN3CCCCC3)cc2)cc1.O.O. The molecule has 0 spiro atoms. The number of phenolic OH excluding ortho intramolecular Hbond substituents is 1. The Labute approximate surface area is 236 Å². The molecule has 10 nitrogen and oxygen atoms in total. The minimum atomic E-state index is -4.14. The van der Waals surface area contributed by atoms with Crippen molar-refractivity contribution < 1.29 is 38.2 Å². The molecule has 0 bridgehead atoms. The molecular weight excluding hydrogens is 556 g/mol. The summed E-state index contributed by atoms with van der Waals surface area (Å²) in [5.74, 6) is 0.719. The minimum absolute atomic E-state index is 0. The van der Waals surface area contributed by atoms with Crippen LogP contribution >= 0.6 is 11.3 Å². The number of carbonyl (C=O) groups is 1. The van der Waals surface area contributed by atoms with Crippen molar-refractivity contribution >= 4 is 37.5 Å². The summed E-state index contributed by atoms with van der Waals surface area (Å²) < 4.78 is 33.9. The number of likely N-dealkylation sites (tertiary alicyclic amines) is 1. The fourth-order valence-electron chi connectivity index (χ4n) is 4.63. The number of phenols is 1. The lowest BCUT2D eigenvalue weighted by Crippen LogP contribution is -2.33. The van der Waals surface area contributed by atoms with Gasteiger partial charge in [-0.2, -0.15) is 13.6 Å². The summed E-state index contributed by atoms with van der Waals surface area (Å²) in [5, 5.41) is 15.7. The smallest absolute Gasteiger partial charge is 0.380 e. The molecule has 1 aliphatic heterocycles. The summed E-state index contributed by atoms with van der Waals surface area (Å²) in [6.07, 6.45) is 3.78. The van der Waals surface area contributed by atoms with Crippen molar-refractivity contribution in [3.8, 4) is 27.7 Å². The van der Waals surface area contributed by atoms with E-state index >= 15 is 0 Å². The number of thiophene rings is 1. The van der Waals surface area contributed by atoms with Crippen molar-refractivity contribution in [2.45, 2.75) is 19.3 Å². The molecule has 0 aliphatic carbocycles. The number of fused-ring (bicyclic) bond motifs is 1. The molecule has 1 saturated heterocycles. The van der Waals surface area contributed by atoms with Gasteiger partial charge in [0.25, 0.3) is 0 Å². The highest BCUT2D eigenvalue weighted by Crippen LogP contribution is 2.41. The fourth-order valence-corrected chi connectivity index (χ4v) is 6.25. The molecule has 0 radical (unpaired) electrons. The van der Waals surface area contributed by atoms with Gasteiger partial charge in [0.2, 0.25) is 0 Å². The molecule has 214 valence electrons. The molecule has 0 atom stereocenters. The maximum Gasteiger partial charge on any atom is 0.380 e. The number of nitrogens with zero attached hydrogens (tertiary/aromatic N) is 1. The molecule has 4 aromatic rings. The number of benzene rings is 3. The van der Waals surface area contributed by atoms with Crippen LogP contribution < -0.4 is 14.1 Å². The molecule has 0 amide bonds. The Kier molecular flexibility index (Phi) is 10.3. The molecule has 40 heavy (non-hydrogen) atoms. The van der Waals surface area contributed by atoms with Gasteiger partial charge in [0.05, 0.1) is 0 Å². The first kappa shape index (κ1) is 31.0. The van der Waals surface area contributed by atoms with E-state index in [9.17, 15) is 18.3 Å². The van der Waals surface area contributed by atoms with E-state index in [-0.39, 0.29) is 28.2 Å². The summed E-state index contributed by atoms with van der Waals surface area (Å²) in [4.78, 5) is 16.9. The molecule has 0 saturated carbocycles. The summed E-state index contributed by atoms with van der Waals surface area (Å²) in [5.41, 5.74) is 1.72. The first-order valence-electron chi connectivity index (χ1n) is 12.3. The standard InChI is InChI=1S/C28H28N2O6S2.2H2O/c29-38(33,34)36-23-11-6-20(7-12-23)28-26(24-13-8-21(31)18-25(24)37-28)27(32)19-4-9-22(10-5-19)35-17-16-30-14-2-1-3-15-30;;/h4-13,18,31H,1-3,14-17H2,(H2,29,33,34);2*1H2. The number of ether oxygens (including phenoxy) is 1. The maximum absolute atomic E-state index is 13.8. The van der Waals surface area contributed by atoms with E-state index in [1.54, 1.807) is 42.5 Å². The molecule has 1 aliphatic rings. The number of aromatic hydroxyl groups is 1. The van der Waals surface area contributed by atoms with E-state index in [2.05, 4.69) is 4.90 Å². The average molecular weight is 589 g/mol. The number of hydrogen-bond donors (Lipinski definition) is 2. The molecular formula is C28H32N2O8S2. The highest BCUT2D eigenvalue weighted by atomic mass is 32.2. The molecule has 7 N–H and O–H groups in total. The predicted octanol–water partition coefficient (Wildman–Crippen LogP) is 3.30. The van der Waals surface area contributed by atoms with E-state index in [0.29, 0.717) is 33.9 Å². The zero-order valence-corrected chi connectivity index (χ0v) is 23.3. The van der Waals surface area contributed by atoms with Crippen LogP contribution in [0.25, 0.3) is 20.5 Å². The zero-order valence-electron chi connectivity index (χ0n) is 21.6. The largest absolute Gasteiger partial charge is 0.508 e. The molecule has 0 unspecified atom stereocenters. The number of hydrogen-bond acceptors (Lipinski definition) is 8. The van der Waals surface area contributed by atoms with Crippen LogP contribution in [-0.2, 0) is 10.3 Å². The second-order valence-electron chi connectivity index (χ2n) is 9.19. The lowest BCUT2D eigenvalue weighted by molar-refractivity contribution is 0.104.